The maximum Gasteiger partial charge on any atom is 0.315 e. The zero-order valence-corrected chi connectivity index (χ0v) is 14.7. The lowest BCUT2D eigenvalue weighted by Gasteiger charge is -2.35. The van der Waals surface area contributed by atoms with E-state index in [-0.39, 0.29) is 5.91 Å². The number of allylic oxidation sites excluding steroid dienone is 2. The van der Waals surface area contributed by atoms with Gasteiger partial charge in [0.1, 0.15) is 6.04 Å². The van der Waals surface area contributed by atoms with Crippen LogP contribution in [0.5, 0.6) is 0 Å². The Hall–Kier alpha value is -3.34. The van der Waals surface area contributed by atoms with Crippen LogP contribution in [0.25, 0.3) is 29.0 Å². The average molecular weight is 357 g/mol. The van der Waals surface area contributed by atoms with Crippen LogP contribution in [0, 0.1) is 0 Å². The smallest absolute Gasteiger partial charge is 0.315 e. The normalized spacial score (nSPS) is 20.3. The van der Waals surface area contributed by atoms with Gasteiger partial charge in [-0.2, -0.15) is 0 Å². The molecule has 27 heavy (non-hydrogen) atoms. The Morgan fingerprint density at radius 1 is 1.15 bits per heavy atom. The number of amides is 3. The van der Waals surface area contributed by atoms with Gasteiger partial charge in [-0.25, -0.2) is 4.79 Å². The lowest BCUT2D eigenvalue weighted by atomic mass is 9.89. The second-order valence-electron chi connectivity index (χ2n) is 7.10. The Kier molecular flexibility index (Phi) is 3.44. The van der Waals surface area contributed by atoms with Gasteiger partial charge in [-0.15, -0.1) is 0 Å². The lowest BCUT2D eigenvalue weighted by molar-refractivity contribution is -0.126. The van der Waals surface area contributed by atoms with Crippen LogP contribution in [0.15, 0.2) is 42.0 Å². The van der Waals surface area contributed by atoms with Crippen LogP contribution >= 0.6 is 0 Å². The fourth-order valence-electron chi connectivity index (χ4n) is 4.35. The number of hydrogen-bond donors (Lipinski definition) is 2. The molecule has 0 radical (unpaired) electrons. The van der Waals surface area contributed by atoms with Crippen molar-refractivity contribution in [1.29, 1.82) is 0 Å². The highest BCUT2D eigenvalue weighted by atomic mass is 16.2. The zero-order chi connectivity index (χ0) is 18.5. The first-order valence-corrected chi connectivity index (χ1v) is 9.12. The number of nitrogens with zero attached hydrogens (tertiary/aromatic N) is 1. The van der Waals surface area contributed by atoms with E-state index in [9.17, 15) is 9.59 Å². The summed E-state index contributed by atoms with van der Waals surface area (Å²) in [6.07, 6.45) is 11.1. The summed E-state index contributed by atoms with van der Waals surface area (Å²) in [5, 5.41) is 7.65. The summed E-state index contributed by atoms with van der Waals surface area (Å²) >= 11 is 0. The van der Waals surface area contributed by atoms with Crippen LogP contribution in [0.3, 0.4) is 0 Å². The van der Waals surface area contributed by atoms with Gasteiger partial charge < -0.3 is 16.0 Å². The van der Waals surface area contributed by atoms with Crippen LogP contribution < -0.4 is 21.5 Å². The SMILES string of the molecule is NC(=O)N1CCNC(=O)C1C1=CCc2c(ccc3c4c(ccc23)=CC=C4)=C1. The van der Waals surface area contributed by atoms with Crippen molar-refractivity contribution in [3.05, 3.63) is 63.6 Å². The van der Waals surface area contributed by atoms with E-state index in [1.54, 1.807) is 0 Å². The number of carbonyl (C=O) groups is 2. The van der Waals surface area contributed by atoms with Gasteiger partial charge in [-0.05, 0) is 50.4 Å². The molecule has 3 N–H and O–H groups in total. The van der Waals surface area contributed by atoms with Crippen molar-refractivity contribution in [1.82, 2.24) is 10.2 Å². The van der Waals surface area contributed by atoms with Gasteiger partial charge in [0.25, 0.3) is 0 Å². The molecule has 3 amide bonds. The first-order valence-electron chi connectivity index (χ1n) is 9.12. The number of nitrogens with one attached hydrogen (secondary N) is 1. The van der Waals surface area contributed by atoms with Crippen LogP contribution in [0.1, 0.15) is 11.1 Å². The predicted octanol–water partition coefficient (Wildman–Crippen LogP) is 0.789. The minimum Gasteiger partial charge on any atom is -0.352 e. The molecule has 1 fully saturated rings. The summed E-state index contributed by atoms with van der Waals surface area (Å²) in [7, 11) is 0. The van der Waals surface area contributed by atoms with Crippen LogP contribution in [-0.2, 0) is 11.2 Å². The molecule has 2 aromatic carbocycles. The Labute approximate surface area is 156 Å². The van der Waals surface area contributed by atoms with Crippen molar-refractivity contribution >= 4 is 40.9 Å². The molecule has 1 heterocycles. The van der Waals surface area contributed by atoms with Crippen molar-refractivity contribution < 1.29 is 9.59 Å². The molecule has 0 bridgehead atoms. The third kappa shape index (κ3) is 2.39. The molecule has 0 spiro atoms. The minimum atomic E-state index is -0.655. The second kappa shape index (κ2) is 5.84. The number of nitrogens with two attached hydrogens (primary N) is 1. The molecule has 134 valence electrons. The van der Waals surface area contributed by atoms with E-state index in [1.807, 2.05) is 12.2 Å². The topological polar surface area (TPSA) is 75.4 Å². The molecule has 1 aliphatic heterocycles. The van der Waals surface area contributed by atoms with E-state index in [0.29, 0.717) is 13.1 Å². The molecule has 0 aromatic heterocycles. The molecular formula is C22H19N3O2. The number of urea groups is 1. The van der Waals surface area contributed by atoms with Crippen molar-refractivity contribution in [3.8, 4) is 0 Å². The minimum absolute atomic E-state index is 0.176. The number of piperazine rings is 1. The predicted molar refractivity (Wildman–Crippen MR) is 106 cm³/mol. The van der Waals surface area contributed by atoms with Gasteiger partial charge in [-0.1, -0.05) is 48.6 Å². The molecule has 2 aliphatic carbocycles. The quantitative estimate of drug-likeness (QED) is 0.792. The molecule has 5 heteroatoms. The Balaban J connectivity index is 1.63. The average Bonchev–Trinajstić information content (AvgIpc) is 3.16. The number of primary amides is 1. The molecule has 3 aliphatic rings. The maximum absolute atomic E-state index is 12.4. The van der Waals surface area contributed by atoms with E-state index in [1.165, 1.54) is 32.0 Å². The highest BCUT2D eigenvalue weighted by Crippen LogP contribution is 2.25. The van der Waals surface area contributed by atoms with Gasteiger partial charge in [0.2, 0.25) is 5.91 Å². The summed E-state index contributed by atoms with van der Waals surface area (Å²) in [5.74, 6) is -0.176. The highest BCUT2D eigenvalue weighted by Gasteiger charge is 2.34. The van der Waals surface area contributed by atoms with Gasteiger partial charge in [0.05, 0.1) is 0 Å². The van der Waals surface area contributed by atoms with E-state index in [2.05, 4.69) is 47.8 Å². The fourth-order valence-corrected chi connectivity index (χ4v) is 4.35. The Morgan fingerprint density at radius 2 is 1.96 bits per heavy atom. The second-order valence-corrected chi connectivity index (χ2v) is 7.10. The number of carbonyl (C=O) groups excluding carboxylic acids is 2. The van der Waals surface area contributed by atoms with Crippen LogP contribution in [-0.4, -0.2) is 36.0 Å². The van der Waals surface area contributed by atoms with E-state index in [0.717, 1.165) is 17.2 Å². The first kappa shape index (κ1) is 15.9. The highest BCUT2D eigenvalue weighted by molar-refractivity contribution is 5.97. The van der Waals surface area contributed by atoms with Crippen LogP contribution in [0.2, 0.25) is 0 Å². The number of hydrogen-bond acceptors (Lipinski definition) is 2. The molecule has 0 saturated carbocycles. The van der Waals surface area contributed by atoms with Crippen molar-refractivity contribution in [2.24, 2.45) is 5.73 Å². The molecule has 5 rings (SSSR count). The number of fused-ring (bicyclic) bond motifs is 5. The van der Waals surface area contributed by atoms with Crippen molar-refractivity contribution in [2.45, 2.75) is 12.5 Å². The summed E-state index contributed by atoms with van der Waals surface area (Å²) in [4.78, 5) is 25.7. The molecular weight excluding hydrogens is 338 g/mol. The molecule has 5 nitrogen and oxygen atoms in total. The van der Waals surface area contributed by atoms with E-state index in [4.69, 9.17) is 5.73 Å². The third-order valence-electron chi connectivity index (χ3n) is 5.64. The van der Waals surface area contributed by atoms with Gasteiger partial charge >= 0.3 is 6.03 Å². The van der Waals surface area contributed by atoms with Crippen molar-refractivity contribution in [3.63, 3.8) is 0 Å². The fraction of sp³-hybridized carbons (Fsp3) is 0.182. The summed E-state index contributed by atoms with van der Waals surface area (Å²) in [6.45, 7) is 0.860. The number of benzene rings is 2. The largest absolute Gasteiger partial charge is 0.352 e. The standard InChI is InChI=1S/C22H19N3O2/c23-22(27)25-11-10-24-21(26)20(25)15-6-7-17-14(12-15)5-9-18-16-3-1-2-13(16)4-8-19(17)18/h1-6,8-9,12,20H,7,10-11H2,(H2,23,27)(H,24,26). The Morgan fingerprint density at radius 3 is 2.81 bits per heavy atom. The van der Waals surface area contributed by atoms with E-state index < -0.39 is 12.1 Å². The van der Waals surface area contributed by atoms with Gasteiger partial charge in [0.15, 0.2) is 0 Å². The van der Waals surface area contributed by atoms with Gasteiger partial charge in [0, 0.05) is 13.1 Å². The first-order chi connectivity index (χ1) is 13.1. The monoisotopic (exact) mass is 357 g/mol. The zero-order valence-electron chi connectivity index (χ0n) is 14.7. The summed E-state index contributed by atoms with van der Waals surface area (Å²) in [6, 6.07) is 7.35. The molecule has 1 saturated heterocycles. The van der Waals surface area contributed by atoms with Gasteiger partial charge in [-0.3, -0.25) is 4.79 Å². The maximum atomic E-state index is 12.4. The Bertz CT molecular complexity index is 1190. The lowest BCUT2D eigenvalue weighted by Crippen LogP contribution is -2.59. The molecule has 2 aromatic rings. The molecule has 1 atom stereocenters. The van der Waals surface area contributed by atoms with E-state index >= 15 is 0 Å². The number of rotatable bonds is 1. The van der Waals surface area contributed by atoms with Crippen molar-refractivity contribution in [2.75, 3.05) is 13.1 Å². The van der Waals surface area contributed by atoms with Crippen LogP contribution in [0.4, 0.5) is 4.79 Å². The third-order valence-corrected chi connectivity index (χ3v) is 5.64. The molecule has 1 unspecified atom stereocenters. The summed E-state index contributed by atoms with van der Waals surface area (Å²) in [5.41, 5.74) is 8.84. The summed E-state index contributed by atoms with van der Waals surface area (Å²) < 4.78 is 0.